The van der Waals surface area contributed by atoms with E-state index in [1.54, 1.807) is 25.1 Å². The van der Waals surface area contributed by atoms with Gasteiger partial charge in [-0.3, -0.25) is 9.59 Å². The number of halogens is 1. The average Bonchev–Trinajstić information content (AvgIpc) is 2.47. The third-order valence-corrected chi connectivity index (χ3v) is 3.28. The predicted molar refractivity (Wildman–Crippen MR) is 86.5 cm³/mol. The van der Waals surface area contributed by atoms with E-state index in [0.717, 1.165) is 19.3 Å². The van der Waals surface area contributed by atoms with E-state index in [0.29, 0.717) is 35.8 Å². The molecule has 1 aromatic rings. The summed E-state index contributed by atoms with van der Waals surface area (Å²) in [6.45, 7) is 2.42. The lowest BCUT2D eigenvalue weighted by Crippen LogP contribution is -2.13. The van der Waals surface area contributed by atoms with Crippen molar-refractivity contribution in [3.63, 3.8) is 0 Å². The Morgan fingerprint density at radius 3 is 2.57 bits per heavy atom. The van der Waals surface area contributed by atoms with Crippen molar-refractivity contribution < 1.29 is 9.59 Å². The number of amides is 2. The number of hydrogen-bond donors (Lipinski definition) is 3. The molecule has 0 heterocycles. The highest BCUT2D eigenvalue weighted by molar-refractivity contribution is 6.33. The minimum atomic E-state index is -0.0899. The maximum atomic E-state index is 11.8. The molecular weight excluding hydrogens is 290 g/mol. The molecule has 0 spiro atoms. The largest absolute Gasteiger partial charge is 0.330 e. The molecule has 0 aromatic heterocycles. The molecule has 0 aliphatic heterocycles. The molecule has 21 heavy (non-hydrogen) atoms. The van der Waals surface area contributed by atoms with Gasteiger partial charge in [-0.05, 0) is 37.6 Å². The lowest BCUT2D eigenvalue weighted by atomic mass is 10.2. The van der Waals surface area contributed by atoms with Crippen molar-refractivity contribution in [2.75, 3.05) is 17.2 Å². The normalized spacial score (nSPS) is 10.2. The Kier molecular flexibility index (Phi) is 7.79. The van der Waals surface area contributed by atoms with Crippen LogP contribution in [-0.2, 0) is 9.59 Å². The highest BCUT2D eigenvalue weighted by Gasteiger charge is 2.08. The molecule has 0 bridgehead atoms. The van der Waals surface area contributed by atoms with Crippen LogP contribution in [0.15, 0.2) is 18.2 Å². The Morgan fingerprint density at radius 1 is 1.14 bits per heavy atom. The topological polar surface area (TPSA) is 84.2 Å². The van der Waals surface area contributed by atoms with Crippen molar-refractivity contribution in [1.29, 1.82) is 0 Å². The molecule has 0 unspecified atom stereocenters. The van der Waals surface area contributed by atoms with Crippen molar-refractivity contribution >= 4 is 34.8 Å². The molecule has 116 valence electrons. The van der Waals surface area contributed by atoms with Gasteiger partial charge in [0, 0.05) is 18.5 Å². The minimum Gasteiger partial charge on any atom is -0.330 e. The Bertz CT molecular complexity index is 492. The summed E-state index contributed by atoms with van der Waals surface area (Å²) in [5.74, 6) is -0.177. The van der Waals surface area contributed by atoms with Crippen molar-refractivity contribution in [3.8, 4) is 0 Å². The minimum absolute atomic E-state index is 0.0867. The standard InChI is InChI=1S/C15H22ClN3O2/c1-2-14(20)18-11-7-8-12(16)13(10-11)19-15(21)6-4-3-5-9-17/h7-8,10H,2-6,9,17H2,1H3,(H,18,20)(H,19,21). The highest BCUT2D eigenvalue weighted by atomic mass is 35.5. The number of rotatable bonds is 8. The van der Waals surface area contributed by atoms with Crippen LogP contribution in [0.5, 0.6) is 0 Å². The first-order chi connectivity index (χ1) is 10.1. The number of nitrogens with two attached hydrogens (primary N) is 1. The molecule has 0 radical (unpaired) electrons. The van der Waals surface area contributed by atoms with Crippen LogP contribution in [0, 0.1) is 0 Å². The number of anilines is 2. The van der Waals surface area contributed by atoms with Gasteiger partial charge in [-0.1, -0.05) is 24.9 Å². The van der Waals surface area contributed by atoms with Crippen molar-refractivity contribution in [2.45, 2.75) is 39.0 Å². The number of nitrogens with one attached hydrogen (secondary N) is 2. The Balaban J connectivity index is 2.58. The zero-order valence-electron chi connectivity index (χ0n) is 12.2. The SMILES string of the molecule is CCC(=O)Nc1ccc(Cl)c(NC(=O)CCCCCN)c1. The molecular formula is C15H22ClN3O2. The van der Waals surface area contributed by atoms with E-state index in [1.807, 2.05) is 0 Å². The lowest BCUT2D eigenvalue weighted by Gasteiger charge is -2.10. The molecule has 0 saturated heterocycles. The van der Waals surface area contributed by atoms with E-state index < -0.39 is 0 Å². The first kappa shape index (κ1) is 17.5. The van der Waals surface area contributed by atoms with Crippen LogP contribution in [0.4, 0.5) is 11.4 Å². The van der Waals surface area contributed by atoms with Gasteiger partial charge in [0.05, 0.1) is 10.7 Å². The lowest BCUT2D eigenvalue weighted by molar-refractivity contribution is -0.116. The van der Waals surface area contributed by atoms with Crippen LogP contribution >= 0.6 is 11.6 Å². The van der Waals surface area contributed by atoms with Gasteiger partial charge in [0.2, 0.25) is 11.8 Å². The monoisotopic (exact) mass is 311 g/mol. The van der Waals surface area contributed by atoms with Gasteiger partial charge in [-0.15, -0.1) is 0 Å². The second-order valence-corrected chi connectivity index (χ2v) is 5.15. The molecule has 2 amide bonds. The van der Waals surface area contributed by atoms with Gasteiger partial charge >= 0.3 is 0 Å². The molecule has 0 atom stereocenters. The summed E-state index contributed by atoms with van der Waals surface area (Å²) in [6, 6.07) is 5.01. The summed E-state index contributed by atoms with van der Waals surface area (Å²) in [5, 5.41) is 5.94. The maximum Gasteiger partial charge on any atom is 0.224 e. The van der Waals surface area contributed by atoms with Gasteiger partial charge in [-0.2, -0.15) is 0 Å². The van der Waals surface area contributed by atoms with Crippen LogP contribution in [-0.4, -0.2) is 18.4 Å². The van der Waals surface area contributed by atoms with E-state index in [2.05, 4.69) is 10.6 Å². The number of carbonyl (C=O) groups excluding carboxylic acids is 2. The average molecular weight is 312 g/mol. The second kappa shape index (κ2) is 9.37. The highest BCUT2D eigenvalue weighted by Crippen LogP contribution is 2.26. The van der Waals surface area contributed by atoms with Crippen LogP contribution in [0.2, 0.25) is 5.02 Å². The van der Waals surface area contributed by atoms with E-state index in [-0.39, 0.29) is 11.8 Å². The fourth-order valence-corrected chi connectivity index (χ4v) is 1.93. The number of hydrogen-bond acceptors (Lipinski definition) is 3. The summed E-state index contributed by atoms with van der Waals surface area (Å²) < 4.78 is 0. The quantitative estimate of drug-likeness (QED) is 0.645. The molecule has 0 aliphatic carbocycles. The molecule has 1 aromatic carbocycles. The third kappa shape index (κ3) is 6.60. The van der Waals surface area contributed by atoms with E-state index >= 15 is 0 Å². The summed E-state index contributed by atoms with van der Waals surface area (Å²) in [5.41, 5.74) is 6.53. The third-order valence-electron chi connectivity index (χ3n) is 2.95. The van der Waals surface area contributed by atoms with Gasteiger partial charge in [0.25, 0.3) is 0 Å². The molecule has 0 aliphatic rings. The van der Waals surface area contributed by atoms with E-state index in [1.165, 1.54) is 0 Å². The van der Waals surface area contributed by atoms with Crippen LogP contribution in [0.1, 0.15) is 39.0 Å². The molecule has 0 fully saturated rings. The maximum absolute atomic E-state index is 11.8. The summed E-state index contributed by atoms with van der Waals surface area (Å²) in [6.07, 6.45) is 3.48. The Hall–Kier alpha value is -1.59. The summed E-state index contributed by atoms with van der Waals surface area (Å²) in [4.78, 5) is 23.2. The summed E-state index contributed by atoms with van der Waals surface area (Å²) >= 11 is 6.05. The van der Waals surface area contributed by atoms with Gasteiger partial charge < -0.3 is 16.4 Å². The van der Waals surface area contributed by atoms with E-state index in [4.69, 9.17) is 17.3 Å². The van der Waals surface area contributed by atoms with Crippen LogP contribution in [0.25, 0.3) is 0 Å². The number of unbranched alkanes of at least 4 members (excludes halogenated alkanes) is 2. The second-order valence-electron chi connectivity index (χ2n) is 4.74. The molecule has 4 N–H and O–H groups in total. The first-order valence-electron chi connectivity index (χ1n) is 7.16. The fourth-order valence-electron chi connectivity index (χ4n) is 1.77. The number of carbonyl (C=O) groups is 2. The summed E-state index contributed by atoms with van der Waals surface area (Å²) in [7, 11) is 0. The van der Waals surface area contributed by atoms with Gasteiger partial charge in [0.15, 0.2) is 0 Å². The molecule has 0 saturated carbocycles. The van der Waals surface area contributed by atoms with Crippen molar-refractivity contribution in [1.82, 2.24) is 0 Å². The van der Waals surface area contributed by atoms with Crippen molar-refractivity contribution in [3.05, 3.63) is 23.2 Å². The molecule has 6 heteroatoms. The zero-order chi connectivity index (χ0) is 15.7. The van der Waals surface area contributed by atoms with Gasteiger partial charge in [-0.25, -0.2) is 0 Å². The fraction of sp³-hybridized carbons (Fsp3) is 0.467. The van der Waals surface area contributed by atoms with Gasteiger partial charge in [0.1, 0.15) is 0 Å². The Labute approximate surface area is 130 Å². The molecule has 5 nitrogen and oxygen atoms in total. The zero-order valence-corrected chi connectivity index (χ0v) is 13.0. The smallest absolute Gasteiger partial charge is 0.224 e. The van der Waals surface area contributed by atoms with E-state index in [9.17, 15) is 9.59 Å². The Morgan fingerprint density at radius 2 is 1.90 bits per heavy atom. The predicted octanol–water partition coefficient (Wildman–Crippen LogP) is 3.15. The molecule has 1 rings (SSSR count). The van der Waals surface area contributed by atoms with Crippen molar-refractivity contribution in [2.24, 2.45) is 5.73 Å². The number of benzene rings is 1. The first-order valence-corrected chi connectivity index (χ1v) is 7.54. The van der Waals surface area contributed by atoms with Crippen LogP contribution in [0.3, 0.4) is 0 Å². The van der Waals surface area contributed by atoms with Crippen LogP contribution < -0.4 is 16.4 Å².